The molecule has 2 atom stereocenters. The summed E-state index contributed by atoms with van der Waals surface area (Å²) in [4.78, 5) is 11.1. The maximum absolute atomic E-state index is 12.8. The van der Waals surface area contributed by atoms with Crippen LogP contribution in [0.3, 0.4) is 0 Å². The van der Waals surface area contributed by atoms with Crippen molar-refractivity contribution in [3.63, 3.8) is 0 Å². The van der Waals surface area contributed by atoms with Gasteiger partial charge in [-0.25, -0.2) is 8.42 Å². The van der Waals surface area contributed by atoms with Gasteiger partial charge in [-0.05, 0) is 24.5 Å². The van der Waals surface area contributed by atoms with E-state index in [-0.39, 0.29) is 28.9 Å². The molecule has 1 heterocycles. The van der Waals surface area contributed by atoms with E-state index in [0.29, 0.717) is 12.2 Å². The summed E-state index contributed by atoms with van der Waals surface area (Å²) in [6.07, 6.45) is 0.465. The Morgan fingerprint density at radius 2 is 2.09 bits per heavy atom. The van der Waals surface area contributed by atoms with E-state index >= 15 is 0 Å². The van der Waals surface area contributed by atoms with Crippen molar-refractivity contribution in [2.45, 2.75) is 18.2 Å². The number of benzene rings is 1. The van der Waals surface area contributed by atoms with Crippen LogP contribution in [0.25, 0.3) is 0 Å². The van der Waals surface area contributed by atoms with E-state index in [1.165, 1.54) is 23.5 Å². The van der Waals surface area contributed by atoms with Gasteiger partial charge in [-0.2, -0.15) is 4.31 Å². The molecule has 1 aliphatic rings. The average Bonchev–Trinajstić information content (AvgIpc) is 2.46. The Hall–Kier alpha value is -1.31. The molecule has 0 spiro atoms. The second kappa shape index (κ2) is 6.44. The molecular formula is C14H18ClNO5S. The van der Waals surface area contributed by atoms with Gasteiger partial charge in [-0.3, -0.25) is 4.79 Å². The summed E-state index contributed by atoms with van der Waals surface area (Å²) in [5.74, 6) is -1.34. The van der Waals surface area contributed by atoms with Gasteiger partial charge in [0.2, 0.25) is 10.0 Å². The Balaban J connectivity index is 2.39. The number of ether oxygens (including phenoxy) is 1. The van der Waals surface area contributed by atoms with E-state index in [2.05, 4.69) is 0 Å². The number of hydrogen-bond donors (Lipinski definition) is 1. The zero-order valence-corrected chi connectivity index (χ0v) is 13.9. The molecule has 22 heavy (non-hydrogen) atoms. The molecule has 1 saturated heterocycles. The Labute approximate surface area is 134 Å². The molecule has 2 unspecified atom stereocenters. The number of halogens is 1. The van der Waals surface area contributed by atoms with Crippen LogP contribution in [0.15, 0.2) is 23.1 Å². The van der Waals surface area contributed by atoms with Gasteiger partial charge in [0.1, 0.15) is 10.6 Å². The molecule has 1 aromatic rings. The van der Waals surface area contributed by atoms with Crippen LogP contribution in [0.2, 0.25) is 5.02 Å². The van der Waals surface area contributed by atoms with Crippen molar-refractivity contribution in [3.8, 4) is 5.75 Å². The number of carboxylic acids is 1. The van der Waals surface area contributed by atoms with E-state index in [9.17, 15) is 18.3 Å². The SMILES string of the molecule is COc1ccc(Cl)c(S(=O)(=O)N2CC(C)CC(C(=O)O)C2)c1. The summed E-state index contributed by atoms with van der Waals surface area (Å²) in [6.45, 7) is 2.07. The second-order valence-corrected chi connectivity index (χ2v) is 7.81. The molecule has 1 aromatic carbocycles. The monoisotopic (exact) mass is 347 g/mol. The number of carboxylic acid groups (broad SMARTS) is 1. The first-order chi connectivity index (χ1) is 10.3. The van der Waals surface area contributed by atoms with Crippen molar-refractivity contribution >= 4 is 27.6 Å². The quantitative estimate of drug-likeness (QED) is 0.901. The number of sulfonamides is 1. The first kappa shape index (κ1) is 17.1. The fourth-order valence-electron chi connectivity index (χ4n) is 2.63. The minimum Gasteiger partial charge on any atom is -0.497 e. The molecule has 0 saturated carbocycles. The lowest BCUT2D eigenvalue weighted by Gasteiger charge is -2.33. The van der Waals surface area contributed by atoms with Gasteiger partial charge in [-0.15, -0.1) is 0 Å². The molecule has 0 radical (unpaired) electrons. The standard InChI is InChI=1S/C14H18ClNO5S/c1-9-5-10(14(17)18)8-16(7-9)22(19,20)13-6-11(21-2)3-4-12(13)15/h3-4,6,9-10H,5,7-8H2,1-2H3,(H,17,18). The van der Waals surface area contributed by atoms with Gasteiger partial charge >= 0.3 is 5.97 Å². The maximum atomic E-state index is 12.8. The fourth-order valence-corrected chi connectivity index (χ4v) is 4.72. The summed E-state index contributed by atoms with van der Waals surface area (Å²) in [5.41, 5.74) is 0. The highest BCUT2D eigenvalue weighted by molar-refractivity contribution is 7.89. The highest BCUT2D eigenvalue weighted by atomic mass is 35.5. The lowest BCUT2D eigenvalue weighted by atomic mass is 9.92. The normalized spacial score (nSPS) is 23.2. The minimum absolute atomic E-state index is 0.0333. The molecule has 1 N–H and O–H groups in total. The lowest BCUT2D eigenvalue weighted by molar-refractivity contribution is -0.143. The van der Waals surface area contributed by atoms with Gasteiger partial charge in [0.25, 0.3) is 0 Å². The van der Waals surface area contributed by atoms with Crippen LogP contribution < -0.4 is 4.74 Å². The smallest absolute Gasteiger partial charge is 0.307 e. The summed E-state index contributed by atoms with van der Waals surface area (Å²) in [6, 6.07) is 4.38. The molecule has 0 aromatic heterocycles. The predicted octanol–water partition coefficient (Wildman–Crippen LogP) is 2.08. The largest absolute Gasteiger partial charge is 0.497 e. The number of methoxy groups -OCH3 is 1. The Morgan fingerprint density at radius 3 is 2.68 bits per heavy atom. The second-order valence-electron chi connectivity index (χ2n) is 5.49. The summed E-state index contributed by atoms with van der Waals surface area (Å²) < 4.78 is 31.8. The van der Waals surface area contributed by atoms with Crippen LogP contribution in [-0.2, 0) is 14.8 Å². The number of nitrogens with zero attached hydrogens (tertiary/aromatic N) is 1. The fraction of sp³-hybridized carbons (Fsp3) is 0.500. The van der Waals surface area contributed by atoms with Crippen molar-refractivity contribution in [3.05, 3.63) is 23.2 Å². The molecule has 8 heteroatoms. The lowest BCUT2D eigenvalue weighted by Crippen LogP contribution is -2.45. The first-order valence-electron chi connectivity index (χ1n) is 6.82. The molecule has 122 valence electrons. The number of rotatable bonds is 4. The van der Waals surface area contributed by atoms with Crippen molar-refractivity contribution in [1.82, 2.24) is 4.31 Å². The number of aliphatic carboxylic acids is 1. The average molecular weight is 348 g/mol. The Morgan fingerprint density at radius 1 is 1.41 bits per heavy atom. The minimum atomic E-state index is -3.87. The zero-order valence-electron chi connectivity index (χ0n) is 12.3. The van der Waals surface area contributed by atoms with Crippen molar-refractivity contribution in [2.75, 3.05) is 20.2 Å². The number of piperidine rings is 1. The van der Waals surface area contributed by atoms with Crippen molar-refractivity contribution in [1.29, 1.82) is 0 Å². The van der Waals surface area contributed by atoms with Crippen molar-refractivity contribution in [2.24, 2.45) is 11.8 Å². The third kappa shape index (κ3) is 3.37. The van der Waals surface area contributed by atoms with Gasteiger partial charge in [-0.1, -0.05) is 18.5 Å². The van der Waals surface area contributed by atoms with Crippen LogP contribution in [0.4, 0.5) is 0 Å². The highest BCUT2D eigenvalue weighted by Crippen LogP contribution is 2.32. The van der Waals surface area contributed by atoms with Crippen LogP contribution >= 0.6 is 11.6 Å². The van der Waals surface area contributed by atoms with Gasteiger partial charge < -0.3 is 9.84 Å². The first-order valence-corrected chi connectivity index (χ1v) is 8.64. The van der Waals surface area contributed by atoms with Crippen molar-refractivity contribution < 1.29 is 23.1 Å². The molecule has 1 fully saturated rings. The van der Waals surface area contributed by atoms with Gasteiger partial charge in [0, 0.05) is 19.2 Å². The number of hydrogen-bond acceptors (Lipinski definition) is 4. The van der Waals surface area contributed by atoms with E-state index in [1.807, 2.05) is 6.92 Å². The zero-order chi connectivity index (χ0) is 16.5. The number of carbonyl (C=O) groups is 1. The molecule has 0 aliphatic carbocycles. The Bertz CT molecular complexity index is 676. The summed E-state index contributed by atoms with van der Waals surface area (Å²) >= 11 is 6.01. The van der Waals surface area contributed by atoms with Crippen LogP contribution in [0.5, 0.6) is 5.75 Å². The molecule has 0 bridgehead atoms. The van der Waals surface area contributed by atoms with Crippen LogP contribution in [-0.4, -0.2) is 44.0 Å². The molecule has 0 amide bonds. The maximum Gasteiger partial charge on any atom is 0.307 e. The third-order valence-electron chi connectivity index (χ3n) is 3.73. The van der Waals surface area contributed by atoms with E-state index in [0.717, 1.165) is 0 Å². The van der Waals surface area contributed by atoms with Crippen LogP contribution in [0.1, 0.15) is 13.3 Å². The predicted molar refractivity (Wildman–Crippen MR) is 81.7 cm³/mol. The molecule has 1 aliphatic heterocycles. The van der Waals surface area contributed by atoms with Gasteiger partial charge in [0.05, 0.1) is 18.1 Å². The van der Waals surface area contributed by atoms with Crippen LogP contribution in [0, 0.1) is 11.8 Å². The molecule has 2 rings (SSSR count). The topological polar surface area (TPSA) is 83.9 Å². The summed E-state index contributed by atoms with van der Waals surface area (Å²) in [7, 11) is -2.43. The Kier molecular flexibility index (Phi) is 4.99. The molecule has 6 nitrogen and oxygen atoms in total. The van der Waals surface area contributed by atoms with Gasteiger partial charge in [0.15, 0.2) is 0 Å². The summed E-state index contributed by atoms with van der Waals surface area (Å²) in [5, 5.41) is 9.27. The van der Waals surface area contributed by atoms with E-state index in [1.54, 1.807) is 6.07 Å². The van der Waals surface area contributed by atoms with E-state index < -0.39 is 21.9 Å². The van der Waals surface area contributed by atoms with E-state index in [4.69, 9.17) is 16.3 Å². The highest BCUT2D eigenvalue weighted by Gasteiger charge is 2.37. The third-order valence-corrected chi connectivity index (χ3v) is 6.04. The molecular weight excluding hydrogens is 330 g/mol.